The van der Waals surface area contributed by atoms with Gasteiger partial charge < -0.3 is 14.8 Å². The summed E-state index contributed by atoms with van der Waals surface area (Å²) >= 11 is 0. The van der Waals surface area contributed by atoms with Crippen LogP contribution in [0.5, 0.6) is 5.75 Å². The summed E-state index contributed by atoms with van der Waals surface area (Å²) in [7, 11) is 3.11. The van der Waals surface area contributed by atoms with Crippen LogP contribution in [-0.2, 0) is 16.0 Å². The highest BCUT2D eigenvalue weighted by Gasteiger charge is 2.17. The van der Waals surface area contributed by atoms with Gasteiger partial charge in [-0.1, -0.05) is 13.0 Å². The number of ether oxygens (including phenoxy) is 2. The van der Waals surface area contributed by atoms with Crippen LogP contribution < -0.4 is 10.1 Å². The number of benzene rings is 1. The van der Waals surface area contributed by atoms with Gasteiger partial charge in [0.2, 0.25) is 0 Å². The van der Waals surface area contributed by atoms with Gasteiger partial charge in [0.05, 0.1) is 20.6 Å². The molecule has 0 spiro atoms. The van der Waals surface area contributed by atoms with Crippen LogP contribution in [0.3, 0.4) is 0 Å². The second-order valence-electron chi connectivity index (χ2n) is 5.38. The van der Waals surface area contributed by atoms with Crippen molar-refractivity contribution in [2.75, 3.05) is 20.8 Å². The third-order valence-corrected chi connectivity index (χ3v) is 3.69. The SMILES string of the molecule is CCCNC(CC(=O)OC)Cc1cc(C)c(C)cc1OC. The molecule has 0 amide bonds. The molecule has 0 radical (unpaired) electrons. The predicted molar refractivity (Wildman–Crippen MR) is 84.9 cm³/mol. The summed E-state index contributed by atoms with van der Waals surface area (Å²) in [6.45, 7) is 7.16. The van der Waals surface area contributed by atoms with E-state index in [0.29, 0.717) is 6.42 Å². The number of nitrogens with one attached hydrogen (secondary N) is 1. The van der Waals surface area contributed by atoms with Gasteiger partial charge in [-0.2, -0.15) is 0 Å². The van der Waals surface area contributed by atoms with E-state index in [1.807, 2.05) is 0 Å². The van der Waals surface area contributed by atoms with E-state index in [-0.39, 0.29) is 12.0 Å². The Morgan fingerprint density at radius 2 is 1.90 bits per heavy atom. The Balaban J connectivity index is 2.90. The number of esters is 1. The Morgan fingerprint density at radius 3 is 2.48 bits per heavy atom. The van der Waals surface area contributed by atoms with E-state index in [1.165, 1.54) is 18.2 Å². The number of carbonyl (C=O) groups is 1. The molecular formula is C17H27NO3. The normalized spacial score (nSPS) is 12.0. The first-order chi connectivity index (χ1) is 10.0. The van der Waals surface area contributed by atoms with Crippen molar-refractivity contribution >= 4 is 5.97 Å². The molecule has 1 rings (SSSR count). The van der Waals surface area contributed by atoms with Crippen LogP contribution in [0.2, 0.25) is 0 Å². The van der Waals surface area contributed by atoms with Crippen molar-refractivity contribution in [1.82, 2.24) is 5.32 Å². The van der Waals surface area contributed by atoms with Crippen LogP contribution in [0.1, 0.15) is 36.5 Å². The van der Waals surface area contributed by atoms with Gasteiger partial charge in [0, 0.05) is 6.04 Å². The van der Waals surface area contributed by atoms with Crippen molar-refractivity contribution < 1.29 is 14.3 Å². The minimum Gasteiger partial charge on any atom is -0.496 e. The fourth-order valence-electron chi connectivity index (χ4n) is 2.31. The number of methoxy groups -OCH3 is 2. The maximum atomic E-state index is 11.6. The molecule has 0 aliphatic heterocycles. The van der Waals surface area contributed by atoms with Crippen molar-refractivity contribution in [3.8, 4) is 5.75 Å². The summed E-state index contributed by atoms with van der Waals surface area (Å²) in [5.74, 6) is 0.692. The van der Waals surface area contributed by atoms with Crippen molar-refractivity contribution in [1.29, 1.82) is 0 Å². The van der Waals surface area contributed by atoms with Crippen LogP contribution in [0.25, 0.3) is 0 Å². The molecule has 0 aliphatic carbocycles. The number of hydrogen-bond acceptors (Lipinski definition) is 4. The molecule has 1 aromatic carbocycles. The minimum atomic E-state index is -0.189. The molecule has 0 fully saturated rings. The first-order valence-electron chi connectivity index (χ1n) is 7.46. The Labute approximate surface area is 127 Å². The van der Waals surface area contributed by atoms with Crippen molar-refractivity contribution in [3.05, 3.63) is 28.8 Å². The molecule has 4 nitrogen and oxygen atoms in total. The number of carbonyl (C=O) groups excluding carboxylic acids is 1. The lowest BCUT2D eigenvalue weighted by Crippen LogP contribution is -2.34. The second-order valence-corrected chi connectivity index (χ2v) is 5.38. The van der Waals surface area contributed by atoms with Gasteiger partial charge in [0.15, 0.2) is 0 Å². The van der Waals surface area contributed by atoms with E-state index in [0.717, 1.165) is 30.7 Å². The number of rotatable bonds is 8. The Morgan fingerprint density at radius 1 is 1.24 bits per heavy atom. The quantitative estimate of drug-likeness (QED) is 0.749. The zero-order valence-electron chi connectivity index (χ0n) is 13.8. The molecule has 0 saturated heterocycles. The summed E-state index contributed by atoms with van der Waals surface area (Å²) in [5, 5.41) is 3.41. The van der Waals surface area contributed by atoms with E-state index < -0.39 is 0 Å². The zero-order chi connectivity index (χ0) is 15.8. The third kappa shape index (κ3) is 5.38. The molecule has 1 N–H and O–H groups in total. The lowest BCUT2D eigenvalue weighted by molar-refractivity contribution is -0.141. The van der Waals surface area contributed by atoms with Crippen LogP contribution >= 0.6 is 0 Å². The lowest BCUT2D eigenvalue weighted by atomic mass is 9.98. The molecule has 0 saturated carbocycles. The van der Waals surface area contributed by atoms with E-state index in [1.54, 1.807) is 7.11 Å². The van der Waals surface area contributed by atoms with E-state index in [2.05, 4.69) is 38.2 Å². The molecule has 1 atom stereocenters. The molecule has 1 unspecified atom stereocenters. The van der Waals surface area contributed by atoms with Gasteiger partial charge >= 0.3 is 5.97 Å². The molecular weight excluding hydrogens is 266 g/mol. The summed E-state index contributed by atoms with van der Waals surface area (Å²) in [5.41, 5.74) is 3.57. The third-order valence-electron chi connectivity index (χ3n) is 3.69. The van der Waals surface area contributed by atoms with Crippen LogP contribution in [0, 0.1) is 13.8 Å². The van der Waals surface area contributed by atoms with Crippen molar-refractivity contribution in [3.63, 3.8) is 0 Å². The Kier molecular flexibility index (Phi) is 7.23. The minimum absolute atomic E-state index is 0.0633. The monoisotopic (exact) mass is 293 g/mol. The molecule has 0 aromatic heterocycles. The fourth-order valence-corrected chi connectivity index (χ4v) is 2.31. The maximum Gasteiger partial charge on any atom is 0.307 e. The van der Waals surface area contributed by atoms with Gasteiger partial charge in [0.25, 0.3) is 0 Å². The standard InChI is InChI=1S/C17H27NO3/c1-6-7-18-15(11-17(19)21-5)10-14-8-12(2)13(3)9-16(14)20-4/h8-9,15,18H,6-7,10-11H2,1-5H3. The van der Waals surface area contributed by atoms with Crippen LogP contribution in [-0.4, -0.2) is 32.8 Å². The molecule has 0 aliphatic rings. The first kappa shape index (κ1) is 17.5. The smallest absolute Gasteiger partial charge is 0.307 e. The second kappa shape index (κ2) is 8.67. The predicted octanol–water partition coefficient (Wildman–Crippen LogP) is 2.79. The largest absolute Gasteiger partial charge is 0.496 e. The molecule has 21 heavy (non-hydrogen) atoms. The molecule has 4 heteroatoms. The van der Waals surface area contributed by atoms with E-state index in [4.69, 9.17) is 9.47 Å². The van der Waals surface area contributed by atoms with Crippen molar-refractivity contribution in [2.24, 2.45) is 0 Å². The summed E-state index contributed by atoms with van der Waals surface area (Å²) in [6, 6.07) is 4.26. The number of hydrogen-bond donors (Lipinski definition) is 1. The summed E-state index contributed by atoms with van der Waals surface area (Å²) in [4.78, 5) is 11.6. The highest BCUT2D eigenvalue weighted by atomic mass is 16.5. The van der Waals surface area contributed by atoms with Gasteiger partial charge in [-0.15, -0.1) is 0 Å². The van der Waals surface area contributed by atoms with E-state index >= 15 is 0 Å². The van der Waals surface area contributed by atoms with Gasteiger partial charge in [0.1, 0.15) is 5.75 Å². The number of aryl methyl sites for hydroxylation is 2. The van der Waals surface area contributed by atoms with Gasteiger partial charge in [-0.05, 0) is 56.0 Å². The first-order valence-corrected chi connectivity index (χ1v) is 7.46. The van der Waals surface area contributed by atoms with Crippen molar-refractivity contribution in [2.45, 2.75) is 46.1 Å². The Bertz CT molecular complexity index is 471. The molecule has 1 aromatic rings. The lowest BCUT2D eigenvalue weighted by Gasteiger charge is -2.20. The molecule has 0 bridgehead atoms. The fraction of sp³-hybridized carbons (Fsp3) is 0.588. The molecule has 0 heterocycles. The average Bonchev–Trinajstić information content (AvgIpc) is 2.47. The van der Waals surface area contributed by atoms with Gasteiger partial charge in [-0.25, -0.2) is 0 Å². The highest BCUT2D eigenvalue weighted by Crippen LogP contribution is 2.24. The zero-order valence-corrected chi connectivity index (χ0v) is 13.8. The van der Waals surface area contributed by atoms with E-state index in [9.17, 15) is 4.79 Å². The van der Waals surface area contributed by atoms with Crippen LogP contribution in [0.15, 0.2) is 12.1 Å². The topological polar surface area (TPSA) is 47.6 Å². The Hall–Kier alpha value is -1.55. The highest BCUT2D eigenvalue weighted by molar-refractivity contribution is 5.70. The average molecular weight is 293 g/mol. The maximum absolute atomic E-state index is 11.6. The van der Waals surface area contributed by atoms with Gasteiger partial charge in [-0.3, -0.25) is 4.79 Å². The van der Waals surface area contributed by atoms with Crippen LogP contribution in [0.4, 0.5) is 0 Å². The summed E-state index contributed by atoms with van der Waals surface area (Å²) in [6.07, 6.45) is 2.15. The summed E-state index contributed by atoms with van der Waals surface area (Å²) < 4.78 is 10.3. The molecule has 118 valence electrons.